The van der Waals surface area contributed by atoms with Crippen molar-refractivity contribution >= 4 is 17.9 Å². The molecule has 5 rings (SSSR count). The Hall–Kier alpha value is -5.83. The van der Waals surface area contributed by atoms with Gasteiger partial charge >= 0.3 is 0 Å². The number of carbonyl (C=O) groups is 1. The second-order valence-corrected chi connectivity index (χ2v) is 12.5. The number of benzene rings is 4. The minimum atomic E-state index is -0.943. The molecule has 0 aromatic heterocycles. The summed E-state index contributed by atoms with van der Waals surface area (Å²) in [6.45, 7) is 5.58. The van der Waals surface area contributed by atoms with Gasteiger partial charge in [-0.25, -0.2) is 0 Å². The summed E-state index contributed by atoms with van der Waals surface area (Å²) in [5.41, 5.74) is 3.33. The minimum Gasteiger partial charge on any atom is -0.508 e. The highest BCUT2D eigenvalue weighted by Crippen LogP contribution is 2.51. The van der Waals surface area contributed by atoms with Gasteiger partial charge in [0.05, 0.1) is 5.56 Å². The lowest BCUT2D eigenvalue weighted by Crippen LogP contribution is -2.28. The van der Waals surface area contributed by atoms with Crippen molar-refractivity contribution in [2.24, 2.45) is 5.92 Å². The summed E-state index contributed by atoms with van der Waals surface area (Å²) >= 11 is 0. The SMILES string of the molecule is CC(C)=CCc1c(O)ccc(C(=O)[C@@H]2C[C@@H](c3cc(O)cc(O)c3)C(C)=C[C@@H]2c2c(O)cc(C=Cc3ccc(O)cc3O)cc2O)c1O. The van der Waals surface area contributed by atoms with E-state index in [1.807, 2.05) is 26.8 Å². The van der Waals surface area contributed by atoms with Crippen molar-refractivity contribution in [2.75, 3.05) is 0 Å². The van der Waals surface area contributed by atoms with Crippen LogP contribution in [0, 0.1) is 5.92 Å². The summed E-state index contributed by atoms with van der Waals surface area (Å²) in [6, 6.07) is 13.9. The van der Waals surface area contributed by atoms with Crippen molar-refractivity contribution in [1.82, 2.24) is 0 Å². The van der Waals surface area contributed by atoms with Crippen molar-refractivity contribution in [3.8, 4) is 46.0 Å². The molecule has 0 heterocycles. The first kappa shape index (κ1) is 33.5. The second kappa shape index (κ2) is 13.5. The van der Waals surface area contributed by atoms with Crippen LogP contribution in [0.1, 0.15) is 77.2 Å². The highest BCUT2D eigenvalue weighted by atomic mass is 16.3. The van der Waals surface area contributed by atoms with Crippen LogP contribution in [0.4, 0.5) is 0 Å². The molecule has 3 atom stereocenters. The Balaban J connectivity index is 1.60. The third-order valence-corrected chi connectivity index (χ3v) is 8.78. The Labute approximate surface area is 278 Å². The van der Waals surface area contributed by atoms with Gasteiger partial charge in [-0.1, -0.05) is 35.5 Å². The molecule has 4 aromatic rings. The molecular weight excluding hydrogens is 612 g/mol. The standard InChI is InChI=1S/C39H38O9/c1-20(2)4-9-28-33(43)11-10-29(38(28)47)39(48)32-19-30(24-15-26(41)17-27(42)16-24)21(3)12-31(32)37-35(45)13-22(14-36(37)46)5-6-23-7-8-25(40)18-34(23)44/h4-8,10-18,30-32,40-47H,9,19H2,1-3H3/t30-,31+,32-/m1/s1. The van der Waals surface area contributed by atoms with Crippen LogP contribution in [-0.4, -0.2) is 46.6 Å². The third-order valence-electron chi connectivity index (χ3n) is 8.78. The Morgan fingerprint density at radius 3 is 2.04 bits per heavy atom. The Morgan fingerprint density at radius 1 is 0.750 bits per heavy atom. The molecule has 0 unspecified atom stereocenters. The predicted octanol–water partition coefficient (Wildman–Crippen LogP) is 7.73. The molecule has 0 saturated carbocycles. The van der Waals surface area contributed by atoms with Crippen molar-refractivity contribution < 1.29 is 45.6 Å². The molecule has 0 saturated heterocycles. The van der Waals surface area contributed by atoms with Gasteiger partial charge in [0.25, 0.3) is 0 Å². The van der Waals surface area contributed by atoms with E-state index in [0.717, 1.165) is 11.1 Å². The lowest BCUT2D eigenvalue weighted by atomic mass is 9.67. The van der Waals surface area contributed by atoms with Crippen LogP contribution in [-0.2, 0) is 6.42 Å². The number of rotatable bonds is 8. The lowest BCUT2D eigenvalue weighted by Gasteiger charge is -2.35. The van der Waals surface area contributed by atoms with Crippen LogP contribution in [0.25, 0.3) is 12.2 Å². The molecular formula is C39H38O9. The summed E-state index contributed by atoms with van der Waals surface area (Å²) in [5.74, 6) is -4.38. The van der Waals surface area contributed by atoms with Crippen molar-refractivity contribution in [2.45, 2.75) is 45.4 Å². The molecule has 0 aliphatic heterocycles. The smallest absolute Gasteiger partial charge is 0.170 e. The minimum absolute atomic E-state index is 0.0300. The number of ketones is 1. The summed E-state index contributed by atoms with van der Waals surface area (Å²) in [7, 11) is 0. The first-order valence-electron chi connectivity index (χ1n) is 15.4. The number of allylic oxidation sites excluding steroid dienone is 4. The van der Waals surface area contributed by atoms with Crippen LogP contribution in [0.5, 0.6) is 46.0 Å². The maximum absolute atomic E-state index is 14.4. The third kappa shape index (κ3) is 6.95. The Kier molecular flexibility index (Phi) is 9.43. The molecule has 1 aliphatic carbocycles. The fourth-order valence-electron chi connectivity index (χ4n) is 6.35. The maximum atomic E-state index is 14.4. The highest BCUT2D eigenvalue weighted by molar-refractivity contribution is 6.02. The number of carbonyl (C=O) groups excluding carboxylic acids is 1. The van der Waals surface area contributed by atoms with E-state index in [1.165, 1.54) is 60.7 Å². The van der Waals surface area contributed by atoms with Gasteiger partial charge in [0, 0.05) is 46.6 Å². The van der Waals surface area contributed by atoms with Gasteiger partial charge in [-0.05, 0) is 93.3 Å². The average Bonchev–Trinajstić information content (AvgIpc) is 2.99. The second-order valence-electron chi connectivity index (χ2n) is 12.5. The number of Topliss-reactive ketones (excluding diaryl/α,β-unsaturated/α-hetero) is 1. The fraction of sp³-hybridized carbons (Fsp3) is 0.205. The molecule has 248 valence electrons. The van der Waals surface area contributed by atoms with Gasteiger partial charge in [-0.15, -0.1) is 0 Å². The Bertz CT molecular complexity index is 1940. The first-order valence-corrected chi connectivity index (χ1v) is 15.4. The molecule has 0 radical (unpaired) electrons. The molecule has 0 bridgehead atoms. The van der Waals surface area contributed by atoms with E-state index in [4.69, 9.17) is 0 Å². The molecule has 1 aliphatic rings. The monoisotopic (exact) mass is 650 g/mol. The number of aromatic hydroxyl groups is 8. The zero-order chi connectivity index (χ0) is 34.9. The molecule has 48 heavy (non-hydrogen) atoms. The molecule has 9 nitrogen and oxygen atoms in total. The molecule has 0 fully saturated rings. The van der Waals surface area contributed by atoms with E-state index in [2.05, 4.69) is 0 Å². The quantitative estimate of drug-likeness (QED) is 0.0538. The summed E-state index contributed by atoms with van der Waals surface area (Å²) in [4.78, 5) is 14.4. The fourth-order valence-corrected chi connectivity index (χ4v) is 6.35. The van der Waals surface area contributed by atoms with E-state index in [-0.39, 0.29) is 75.5 Å². The zero-order valence-electron chi connectivity index (χ0n) is 26.7. The number of hydrogen-bond donors (Lipinski definition) is 8. The van der Waals surface area contributed by atoms with Gasteiger partial charge in [0.1, 0.15) is 46.0 Å². The summed E-state index contributed by atoms with van der Waals surface area (Å²) in [6.07, 6.45) is 7.02. The number of hydrogen-bond acceptors (Lipinski definition) is 9. The van der Waals surface area contributed by atoms with E-state index in [1.54, 1.807) is 18.2 Å². The summed E-state index contributed by atoms with van der Waals surface area (Å²) < 4.78 is 0. The zero-order valence-corrected chi connectivity index (χ0v) is 26.7. The van der Waals surface area contributed by atoms with E-state index >= 15 is 0 Å². The number of phenolic OH excluding ortho intramolecular Hbond substituents is 8. The van der Waals surface area contributed by atoms with E-state index < -0.39 is 23.5 Å². The van der Waals surface area contributed by atoms with Crippen molar-refractivity contribution in [3.05, 3.63) is 117 Å². The molecule has 0 spiro atoms. The van der Waals surface area contributed by atoms with E-state index in [0.29, 0.717) is 16.7 Å². The van der Waals surface area contributed by atoms with Gasteiger partial charge < -0.3 is 40.9 Å². The molecule has 4 aromatic carbocycles. The maximum Gasteiger partial charge on any atom is 0.170 e. The van der Waals surface area contributed by atoms with Gasteiger partial charge in [-0.2, -0.15) is 0 Å². The normalized spacial score (nSPS) is 17.6. The van der Waals surface area contributed by atoms with Crippen molar-refractivity contribution in [3.63, 3.8) is 0 Å². The summed E-state index contributed by atoms with van der Waals surface area (Å²) in [5, 5.41) is 84.5. The van der Waals surface area contributed by atoms with Crippen molar-refractivity contribution in [1.29, 1.82) is 0 Å². The molecule has 8 N–H and O–H groups in total. The van der Waals surface area contributed by atoms with Crippen LogP contribution in [0.15, 0.2) is 84.0 Å². The molecule has 0 amide bonds. The Morgan fingerprint density at radius 2 is 1.42 bits per heavy atom. The topological polar surface area (TPSA) is 179 Å². The van der Waals surface area contributed by atoms with Crippen LogP contribution >= 0.6 is 0 Å². The largest absolute Gasteiger partial charge is 0.508 e. The number of phenols is 8. The van der Waals surface area contributed by atoms with Crippen LogP contribution in [0.2, 0.25) is 0 Å². The van der Waals surface area contributed by atoms with Crippen LogP contribution in [0.3, 0.4) is 0 Å². The first-order chi connectivity index (χ1) is 22.7. The van der Waals surface area contributed by atoms with Gasteiger partial charge in [-0.3, -0.25) is 4.79 Å². The van der Waals surface area contributed by atoms with Gasteiger partial charge in [0.2, 0.25) is 0 Å². The van der Waals surface area contributed by atoms with Crippen LogP contribution < -0.4 is 0 Å². The highest BCUT2D eigenvalue weighted by Gasteiger charge is 2.40. The lowest BCUT2D eigenvalue weighted by molar-refractivity contribution is 0.0890. The predicted molar refractivity (Wildman–Crippen MR) is 183 cm³/mol. The van der Waals surface area contributed by atoms with E-state index in [9.17, 15) is 45.6 Å². The molecule has 9 heteroatoms. The average molecular weight is 651 g/mol. The van der Waals surface area contributed by atoms with Gasteiger partial charge in [0.15, 0.2) is 5.78 Å².